The highest BCUT2D eigenvalue weighted by molar-refractivity contribution is 7.18. The number of thiazole rings is 1. The molecular formula is C18H22N2O2S. The summed E-state index contributed by atoms with van der Waals surface area (Å²) in [6.45, 7) is 2.50. The Kier molecular flexibility index (Phi) is 4.31. The number of hydrogen-bond donors (Lipinski definition) is 0. The second-order valence-corrected chi connectivity index (χ2v) is 7.60. The van der Waals surface area contributed by atoms with Crippen LogP contribution in [-0.2, 0) is 9.53 Å². The van der Waals surface area contributed by atoms with Gasteiger partial charge in [0, 0.05) is 25.6 Å². The monoisotopic (exact) mass is 330 g/mol. The summed E-state index contributed by atoms with van der Waals surface area (Å²) in [5.74, 6) is 0.636. The molecule has 2 saturated heterocycles. The topological polar surface area (TPSA) is 42.4 Å². The first kappa shape index (κ1) is 15.1. The molecule has 0 spiro atoms. The second kappa shape index (κ2) is 6.57. The van der Waals surface area contributed by atoms with Crippen molar-refractivity contribution in [2.45, 2.75) is 44.1 Å². The lowest BCUT2D eigenvalue weighted by Crippen LogP contribution is -2.40. The van der Waals surface area contributed by atoms with E-state index in [1.54, 1.807) is 11.3 Å². The van der Waals surface area contributed by atoms with Crippen LogP contribution < -0.4 is 0 Å². The molecule has 5 heteroatoms. The molecule has 4 nitrogen and oxygen atoms in total. The fraction of sp³-hybridized carbons (Fsp3) is 0.556. The van der Waals surface area contributed by atoms with Gasteiger partial charge in [0.2, 0.25) is 5.91 Å². The van der Waals surface area contributed by atoms with Crippen LogP contribution in [0.25, 0.3) is 10.2 Å². The van der Waals surface area contributed by atoms with Crippen molar-refractivity contribution in [2.75, 3.05) is 19.7 Å². The number of rotatable bonds is 3. The quantitative estimate of drug-likeness (QED) is 0.864. The Balaban J connectivity index is 1.44. The summed E-state index contributed by atoms with van der Waals surface area (Å²) in [7, 11) is 0. The second-order valence-electron chi connectivity index (χ2n) is 6.54. The highest BCUT2D eigenvalue weighted by Crippen LogP contribution is 2.33. The molecule has 2 aliphatic heterocycles. The fourth-order valence-electron chi connectivity index (χ4n) is 3.60. The van der Waals surface area contributed by atoms with Gasteiger partial charge in [-0.05, 0) is 37.8 Å². The Morgan fingerprint density at radius 3 is 3.04 bits per heavy atom. The predicted molar refractivity (Wildman–Crippen MR) is 91.8 cm³/mol. The first-order chi connectivity index (χ1) is 11.3. The number of nitrogens with zero attached hydrogens (tertiary/aromatic N) is 2. The maximum absolute atomic E-state index is 12.5. The molecule has 2 fully saturated rings. The van der Waals surface area contributed by atoms with Crippen LogP contribution in [0.2, 0.25) is 0 Å². The van der Waals surface area contributed by atoms with Crippen molar-refractivity contribution in [2.24, 2.45) is 0 Å². The summed E-state index contributed by atoms with van der Waals surface area (Å²) in [6.07, 6.45) is 5.01. The van der Waals surface area contributed by atoms with Gasteiger partial charge >= 0.3 is 0 Å². The molecule has 2 atom stereocenters. The predicted octanol–water partition coefficient (Wildman–Crippen LogP) is 3.57. The number of piperidine rings is 1. The van der Waals surface area contributed by atoms with E-state index in [4.69, 9.17) is 9.72 Å². The van der Waals surface area contributed by atoms with Gasteiger partial charge in [-0.3, -0.25) is 4.79 Å². The van der Waals surface area contributed by atoms with Gasteiger partial charge in [-0.15, -0.1) is 11.3 Å². The number of aromatic nitrogens is 1. The molecule has 23 heavy (non-hydrogen) atoms. The lowest BCUT2D eigenvalue weighted by molar-refractivity contribution is -0.134. The van der Waals surface area contributed by atoms with Gasteiger partial charge in [0.05, 0.1) is 27.7 Å². The molecule has 0 N–H and O–H groups in total. The third-order valence-corrected chi connectivity index (χ3v) is 6.06. The summed E-state index contributed by atoms with van der Waals surface area (Å²) in [4.78, 5) is 19.4. The zero-order chi connectivity index (χ0) is 15.6. The molecular weight excluding hydrogens is 308 g/mol. The Bertz CT molecular complexity index is 660. The van der Waals surface area contributed by atoms with Crippen molar-refractivity contribution < 1.29 is 9.53 Å². The third kappa shape index (κ3) is 3.26. The van der Waals surface area contributed by atoms with Crippen molar-refractivity contribution >= 4 is 27.5 Å². The number of benzene rings is 1. The van der Waals surface area contributed by atoms with Crippen LogP contribution in [0, 0.1) is 0 Å². The Hall–Kier alpha value is -1.46. The highest BCUT2D eigenvalue weighted by atomic mass is 32.1. The van der Waals surface area contributed by atoms with E-state index in [9.17, 15) is 4.79 Å². The summed E-state index contributed by atoms with van der Waals surface area (Å²) in [5, 5.41) is 1.18. The fourth-order valence-corrected chi connectivity index (χ4v) is 4.69. The van der Waals surface area contributed by atoms with E-state index in [1.807, 2.05) is 11.0 Å². The zero-order valence-electron chi connectivity index (χ0n) is 13.2. The van der Waals surface area contributed by atoms with Gasteiger partial charge in [-0.1, -0.05) is 12.1 Å². The van der Waals surface area contributed by atoms with Crippen LogP contribution in [0.3, 0.4) is 0 Å². The van der Waals surface area contributed by atoms with E-state index in [-0.39, 0.29) is 12.0 Å². The lowest BCUT2D eigenvalue weighted by Gasteiger charge is -2.32. The molecule has 0 saturated carbocycles. The van der Waals surface area contributed by atoms with Crippen molar-refractivity contribution in [3.63, 3.8) is 0 Å². The molecule has 1 amide bonds. The van der Waals surface area contributed by atoms with Crippen molar-refractivity contribution in [3.8, 4) is 0 Å². The van der Waals surface area contributed by atoms with Crippen LogP contribution in [0.4, 0.5) is 0 Å². The Morgan fingerprint density at radius 2 is 2.22 bits per heavy atom. The number of para-hydroxylation sites is 1. The van der Waals surface area contributed by atoms with Gasteiger partial charge in [0.25, 0.3) is 0 Å². The molecule has 2 aromatic rings. The zero-order valence-corrected chi connectivity index (χ0v) is 14.1. The van der Waals surface area contributed by atoms with Gasteiger partial charge in [0.15, 0.2) is 0 Å². The maximum Gasteiger partial charge on any atom is 0.225 e. The third-order valence-electron chi connectivity index (χ3n) is 4.86. The summed E-state index contributed by atoms with van der Waals surface area (Å²) in [5.41, 5.74) is 1.08. The van der Waals surface area contributed by atoms with E-state index >= 15 is 0 Å². The SMILES string of the molecule is O=C(C[C@@H]1CCCO1)N1CCC[C@@H](c2nc3ccccc3s2)C1. The minimum atomic E-state index is 0.144. The highest BCUT2D eigenvalue weighted by Gasteiger charge is 2.29. The molecule has 1 aromatic carbocycles. The van der Waals surface area contributed by atoms with E-state index in [2.05, 4.69) is 18.2 Å². The summed E-state index contributed by atoms with van der Waals surface area (Å²) >= 11 is 1.78. The number of hydrogen-bond acceptors (Lipinski definition) is 4. The van der Waals surface area contributed by atoms with Gasteiger partial charge in [-0.25, -0.2) is 4.98 Å². The van der Waals surface area contributed by atoms with Gasteiger partial charge in [0.1, 0.15) is 0 Å². The normalized spacial score (nSPS) is 25.1. The van der Waals surface area contributed by atoms with Crippen molar-refractivity contribution in [3.05, 3.63) is 29.3 Å². The molecule has 0 aliphatic carbocycles. The first-order valence-corrected chi connectivity index (χ1v) is 9.36. The number of fused-ring (bicyclic) bond motifs is 1. The smallest absolute Gasteiger partial charge is 0.225 e. The van der Waals surface area contributed by atoms with Crippen LogP contribution in [0.1, 0.15) is 43.0 Å². The van der Waals surface area contributed by atoms with Crippen molar-refractivity contribution in [1.82, 2.24) is 9.88 Å². The van der Waals surface area contributed by atoms with Crippen LogP contribution in [0.5, 0.6) is 0 Å². The van der Waals surface area contributed by atoms with Crippen LogP contribution in [0.15, 0.2) is 24.3 Å². The van der Waals surface area contributed by atoms with E-state index in [0.717, 1.165) is 50.9 Å². The van der Waals surface area contributed by atoms with Crippen LogP contribution in [-0.4, -0.2) is 41.6 Å². The molecule has 0 unspecified atom stereocenters. The minimum Gasteiger partial charge on any atom is -0.378 e. The first-order valence-electron chi connectivity index (χ1n) is 8.54. The average molecular weight is 330 g/mol. The van der Waals surface area contributed by atoms with E-state index in [1.165, 1.54) is 9.71 Å². The number of carbonyl (C=O) groups is 1. The molecule has 4 rings (SSSR count). The summed E-state index contributed by atoms with van der Waals surface area (Å²) in [6, 6.07) is 8.28. The van der Waals surface area contributed by atoms with E-state index in [0.29, 0.717) is 12.3 Å². The standard InChI is InChI=1S/C18H22N2O2S/c21-17(11-14-6-4-10-22-14)20-9-3-5-13(12-20)18-19-15-7-1-2-8-16(15)23-18/h1-2,7-8,13-14H,3-6,9-12H2/t13-,14+/m1/s1. The summed E-state index contributed by atoms with van der Waals surface area (Å²) < 4.78 is 6.85. The van der Waals surface area contributed by atoms with Crippen LogP contribution >= 0.6 is 11.3 Å². The molecule has 3 heterocycles. The molecule has 122 valence electrons. The van der Waals surface area contributed by atoms with Gasteiger partial charge in [-0.2, -0.15) is 0 Å². The molecule has 1 aromatic heterocycles. The number of likely N-dealkylation sites (tertiary alicyclic amines) is 1. The number of ether oxygens (including phenoxy) is 1. The maximum atomic E-state index is 12.5. The largest absolute Gasteiger partial charge is 0.378 e. The van der Waals surface area contributed by atoms with Crippen molar-refractivity contribution in [1.29, 1.82) is 0 Å². The Morgan fingerprint density at radius 1 is 1.30 bits per heavy atom. The number of carbonyl (C=O) groups excluding carboxylic acids is 1. The molecule has 2 aliphatic rings. The van der Waals surface area contributed by atoms with E-state index < -0.39 is 0 Å². The number of amides is 1. The van der Waals surface area contributed by atoms with Gasteiger partial charge < -0.3 is 9.64 Å². The average Bonchev–Trinajstić information content (AvgIpc) is 3.24. The lowest BCUT2D eigenvalue weighted by atomic mass is 9.98. The molecule has 0 radical (unpaired) electrons. The molecule has 0 bridgehead atoms. The minimum absolute atomic E-state index is 0.144. The Labute approximate surface area is 140 Å².